The number of nitrogens with one attached hydrogen (secondary N) is 2. The van der Waals surface area contributed by atoms with Crippen LogP contribution < -0.4 is 10.1 Å². The molecule has 0 amide bonds. The van der Waals surface area contributed by atoms with Crippen LogP contribution in [0.2, 0.25) is 0 Å². The number of carbonyl (C=O) groups excluding carboxylic acids is 1. The molecule has 2 heterocycles. The lowest BCUT2D eigenvalue weighted by atomic mass is 9.98. The highest BCUT2D eigenvalue weighted by Crippen LogP contribution is 2.37. The molecule has 2 aromatic heterocycles. The number of aromatic nitrogens is 3. The summed E-state index contributed by atoms with van der Waals surface area (Å²) in [7, 11) is 1.62. The van der Waals surface area contributed by atoms with Gasteiger partial charge in [-0.05, 0) is 37.6 Å². The first-order valence-electron chi connectivity index (χ1n) is 10.3. The largest absolute Gasteiger partial charge is 0.497 e. The first-order chi connectivity index (χ1) is 15.6. The number of ether oxygens (including phenoxy) is 2. The zero-order valence-corrected chi connectivity index (χ0v) is 18.2. The fourth-order valence-corrected chi connectivity index (χ4v) is 3.58. The van der Waals surface area contributed by atoms with E-state index in [4.69, 9.17) is 14.5 Å². The highest BCUT2D eigenvalue weighted by Gasteiger charge is 2.24. The molecule has 0 bridgehead atoms. The average molecular weight is 428 g/mol. The molecule has 0 unspecified atom stereocenters. The lowest BCUT2D eigenvalue weighted by molar-refractivity contribution is 0.0521. The van der Waals surface area contributed by atoms with Crippen molar-refractivity contribution in [3.8, 4) is 28.1 Å². The quantitative estimate of drug-likeness (QED) is 0.384. The molecule has 0 spiro atoms. The number of aromatic amines is 1. The third kappa shape index (κ3) is 4.32. The Morgan fingerprint density at radius 2 is 1.88 bits per heavy atom. The van der Waals surface area contributed by atoms with Crippen molar-refractivity contribution in [2.75, 3.05) is 19.0 Å². The maximum absolute atomic E-state index is 12.7. The van der Waals surface area contributed by atoms with Crippen molar-refractivity contribution in [3.63, 3.8) is 0 Å². The monoisotopic (exact) mass is 428 g/mol. The summed E-state index contributed by atoms with van der Waals surface area (Å²) in [5, 5.41) is 3.21. The van der Waals surface area contributed by atoms with Crippen molar-refractivity contribution in [1.29, 1.82) is 0 Å². The molecule has 0 atom stereocenters. The Kier molecular flexibility index (Phi) is 6.17. The number of hydrogen-bond acceptors (Lipinski definition) is 6. The van der Waals surface area contributed by atoms with E-state index >= 15 is 0 Å². The van der Waals surface area contributed by atoms with Crippen LogP contribution in [0.5, 0.6) is 5.75 Å². The number of rotatable bonds is 7. The van der Waals surface area contributed by atoms with E-state index in [0.717, 1.165) is 33.8 Å². The molecule has 4 rings (SSSR count). The third-order valence-electron chi connectivity index (χ3n) is 4.97. The predicted octanol–water partition coefficient (Wildman–Crippen LogP) is 5.38. The SMILES string of the molecule is CCOC(=O)c1[nH]c(C)c(-c2ccnc(Nc3cccc(OC)c3)n2)c1-c1ccccc1. The zero-order chi connectivity index (χ0) is 22.5. The van der Waals surface area contributed by atoms with E-state index < -0.39 is 5.97 Å². The van der Waals surface area contributed by atoms with Crippen molar-refractivity contribution < 1.29 is 14.3 Å². The third-order valence-corrected chi connectivity index (χ3v) is 4.97. The second kappa shape index (κ2) is 9.34. The summed E-state index contributed by atoms with van der Waals surface area (Å²) in [4.78, 5) is 25.0. The summed E-state index contributed by atoms with van der Waals surface area (Å²) in [5.41, 5.74) is 5.21. The van der Waals surface area contributed by atoms with Gasteiger partial charge in [0.05, 0.1) is 19.4 Å². The van der Waals surface area contributed by atoms with Gasteiger partial charge in [0.25, 0.3) is 0 Å². The van der Waals surface area contributed by atoms with Crippen LogP contribution >= 0.6 is 0 Å². The summed E-state index contributed by atoms with van der Waals surface area (Å²) in [5.74, 6) is 0.774. The summed E-state index contributed by atoms with van der Waals surface area (Å²) in [6, 6.07) is 19.1. The molecule has 0 radical (unpaired) electrons. The van der Waals surface area contributed by atoms with Gasteiger partial charge in [0.1, 0.15) is 11.4 Å². The summed E-state index contributed by atoms with van der Waals surface area (Å²) in [6.07, 6.45) is 1.69. The van der Waals surface area contributed by atoms with Gasteiger partial charge in [-0.3, -0.25) is 0 Å². The van der Waals surface area contributed by atoms with E-state index in [1.165, 1.54) is 0 Å². The van der Waals surface area contributed by atoms with E-state index in [2.05, 4.69) is 15.3 Å². The van der Waals surface area contributed by atoms with E-state index in [1.54, 1.807) is 20.2 Å². The first kappa shape index (κ1) is 21.1. The number of methoxy groups -OCH3 is 1. The number of aryl methyl sites for hydroxylation is 1. The molecule has 7 heteroatoms. The van der Waals surface area contributed by atoms with Crippen molar-refractivity contribution in [2.45, 2.75) is 13.8 Å². The van der Waals surface area contributed by atoms with E-state index in [0.29, 0.717) is 23.9 Å². The van der Waals surface area contributed by atoms with E-state index in [9.17, 15) is 4.79 Å². The molecule has 0 saturated carbocycles. The number of benzene rings is 2. The van der Waals surface area contributed by atoms with Gasteiger partial charge in [-0.15, -0.1) is 0 Å². The smallest absolute Gasteiger partial charge is 0.355 e. The molecule has 0 aliphatic rings. The lowest BCUT2D eigenvalue weighted by Gasteiger charge is -2.10. The highest BCUT2D eigenvalue weighted by atomic mass is 16.5. The molecule has 0 aliphatic carbocycles. The van der Waals surface area contributed by atoms with Gasteiger partial charge in [-0.2, -0.15) is 0 Å². The number of anilines is 2. The standard InChI is InChI=1S/C25H24N4O3/c1-4-32-24(30)23-22(17-9-6-5-7-10-17)21(16(2)27-23)20-13-14-26-25(29-20)28-18-11-8-12-19(15-18)31-3/h5-15,27H,4H2,1-3H3,(H,26,28,29). The second-order valence-electron chi connectivity index (χ2n) is 7.08. The van der Waals surface area contributed by atoms with Gasteiger partial charge in [0.15, 0.2) is 0 Å². The Bertz CT molecular complexity index is 1240. The van der Waals surface area contributed by atoms with Gasteiger partial charge in [-0.25, -0.2) is 14.8 Å². The van der Waals surface area contributed by atoms with Crippen LogP contribution in [-0.4, -0.2) is 34.6 Å². The van der Waals surface area contributed by atoms with Crippen LogP contribution in [0.4, 0.5) is 11.6 Å². The second-order valence-corrected chi connectivity index (χ2v) is 7.08. The van der Waals surface area contributed by atoms with Crippen LogP contribution in [0, 0.1) is 6.92 Å². The summed E-state index contributed by atoms with van der Waals surface area (Å²) >= 11 is 0. The average Bonchev–Trinajstić information content (AvgIpc) is 3.17. The molecule has 162 valence electrons. The topological polar surface area (TPSA) is 89.1 Å². The maximum Gasteiger partial charge on any atom is 0.355 e. The minimum Gasteiger partial charge on any atom is -0.497 e. The number of hydrogen-bond donors (Lipinski definition) is 2. The summed E-state index contributed by atoms with van der Waals surface area (Å²) in [6.45, 7) is 4.00. The molecule has 4 aromatic rings. The molecular weight excluding hydrogens is 404 g/mol. The van der Waals surface area contributed by atoms with Crippen LogP contribution in [-0.2, 0) is 4.74 Å². The first-order valence-corrected chi connectivity index (χ1v) is 10.3. The van der Waals surface area contributed by atoms with Crippen LogP contribution in [0.25, 0.3) is 22.4 Å². The van der Waals surface area contributed by atoms with Crippen molar-refractivity contribution >= 4 is 17.6 Å². The van der Waals surface area contributed by atoms with Crippen LogP contribution in [0.3, 0.4) is 0 Å². The van der Waals surface area contributed by atoms with Crippen LogP contribution in [0.1, 0.15) is 23.1 Å². The summed E-state index contributed by atoms with van der Waals surface area (Å²) < 4.78 is 10.6. The Morgan fingerprint density at radius 3 is 2.62 bits per heavy atom. The predicted molar refractivity (Wildman–Crippen MR) is 124 cm³/mol. The number of nitrogens with zero attached hydrogens (tertiary/aromatic N) is 2. The molecule has 0 aliphatic heterocycles. The molecule has 2 aromatic carbocycles. The molecule has 32 heavy (non-hydrogen) atoms. The lowest BCUT2D eigenvalue weighted by Crippen LogP contribution is -2.06. The Labute approximate surface area is 186 Å². The Balaban J connectivity index is 1.79. The van der Waals surface area contributed by atoms with Gasteiger partial charge in [-0.1, -0.05) is 36.4 Å². The van der Waals surface area contributed by atoms with Gasteiger partial charge < -0.3 is 19.8 Å². The maximum atomic E-state index is 12.7. The Morgan fingerprint density at radius 1 is 1.06 bits per heavy atom. The van der Waals surface area contributed by atoms with Gasteiger partial charge >= 0.3 is 5.97 Å². The minimum atomic E-state index is -0.399. The fourth-order valence-electron chi connectivity index (χ4n) is 3.58. The highest BCUT2D eigenvalue weighted by molar-refractivity contribution is 6.01. The number of esters is 1. The molecule has 0 fully saturated rings. The molecular formula is C25H24N4O3. The number of carbonyl (C=O) groups is 1. The van der Waals surface area contributed by atoms with Crippen molar-refractivity contribution in [2.24, 2.45) is 0 Å². The number of H-pyrrole nitrogens is 1. The fraction of sp³-hybridized carbons (Fsp3) is 0.160. The van der Waals surface area contributed by atoms with Crippen molar-refractivity contribution in [1.82, 2.24) is 15.0 Å². The minimum absolute atomic E-state index is 0.294. The normalized spacial score (nSPS) is 10.6. The molecule has 2 N–H and O–H groups in total. The molecule has 0 saturated heterocycles. The zero-order valence-electron chi connectivity index (χ0n) is 18.2. The van der Waals surface area contributed by atoms with Crippen molar-refractivity contribution in [3.05, 3.63) is 78.2 Å². The van der Waals surface area contributed by atoms with Gasteiger partial charge in [0, 0.05) is 34.8 Å². The van der Waals surface area contributed by atoms with E-state index in [1.807, 2.05) is 67.6 Å². The van der Waals surface area contributed by atoms with Gasteiger partial charge in [0.2, 0.25) is 5.95 Å². The molecule has 7 nitrogen and oxygen atoms in total. The van der Waals surface area contributed by atoms with E-state index in [-0.39, 0.29) is 0 Å². The Hall–Kier alpha value is -4.13. The van der Waals surface area contributed by atoms with Crippen LogP contribution in [0.15, 0.2) is 66.9 Å².